The minimum absolute atomic E-state index is 0.0907. The first-order valence-electron chi connectivity index (χ1n) is 5.82. The number of hydrogen-bond acceptors (Lipinski definition) is 3. The Morgan fingerprint density at radius 3 is 2.79 bits per heavy atom. The molecule has 0 radical (unpaired) electrons. The molecule has 1 atom stereocenters. The van der Waals surface area contributed by atoms with Crippen LogP contribution in [0.15, 0.2) is 41.1 Å². The molecule has 2 aromatic rings. The van der Waals surface area contributed by atoms with Crippen molar-refractivity contribution in [3.8, 4) is 5.69 Å². The first-order chi connectivity index (χ1) is 9.10. The molecule has 1 amide bonds. The van der Waals surface area contributed by atoms with Crippen LogP contribution in [0, 0.1) is 0 Å². The number of benzene rings is 1. The molecule has 6 heteroatoms. The molecular formula is C13H14BrN3O2. The lowest BCUT2D eigenvalue weighted by atomic mass is 10.3. The maximum absolute atomic E-state index is 11.8. The molecule has 0 aliphatic carbocycles. The number of nitrogens with zero attached hydrogens (tertiary/aromatic N) is 2. The van der Waals surface area contributed by atoms with Crippen LogP contribution in [-0.2, 0) is 0 Å². The predicted molar refractivity (Wildman–Crippen MR) is 75.3 cm³/mol. The first-order valence-corrected chi connectivity index (χ1v) is 6.62. The lowest BCUT2D eigenvalue weighted by molar-refractivity contribution is 0.0922. The van der Waals surface area contributed by atoms with Crippen molar-refractivity contribution in [2.24, 2.45) is 0 Å². The van der Waals surface area contributed by atoms with E-state index in [0.717, 1.165) is 10.2 Å². The molecule has 0 saturated heterocycles. The van der Waals surface area contributed by atoms with Gasteiger partial charge in [-0.05, 0) is 31.2 Å². The molecule has 2 rings (SSSR count). The van der Waals surface area contributed by atoms with Gasteiger partial charge in [0, 0.05) is 16.7 Å². The van der Waals surface area contributed by atoms with Crippen LogP contribution in [0.4, 0.5) is 0 Å². The van der Waals surface area contributed by atoms with Gasteiger partial charge >= 0.3 is 0 Å². The van der Waals surface area contributed by atoms with Crippen molar-refractivity contribution in [3.63, 3.8) is 0 Å². The summed E-state index contributed by atoms with van der Waals surface area (Å²) in [6.07, 6.45) is 3.16. The second-order valence-electron chi connectivity index (χ2n) is 4.21. The van der Waals surface area contributed by atoms with Gasteiger partial charge in [-0.1, -0.05) is 15.9 Å². The minimum Gasteiger partial charge on any atom is -0.394 e. The number of aliphatic hydroxyl groups is 1. The van der Waals surface area contributed by atoms with E-state index in [1.165, 1.54) is 6.20 Å². The molecule has 1 aromatic carbocycles. The molecule has 0 aliphatic rings. The largest absolute Gasteiger partial charge is 0.394 e. The Balaban J connectivity index is 2.15. The number of hydrogen-bond donors (Lipinski definition) is 2. The van der Waals surface area contributed by atoms with Crippen molar-refractivity contribution in [2.75, 3.05) is 6.61 Å². The van der Waals surface area contributed by atoms with Crippen molar-refractivity contribution in [3.05, 3.63) is 46.7 Å². The van der Waals surface area contributed by atoms with Gasteiger partial charge in [0.15, 0.2) is 0 Å². The van der Waals surface area contributed by atoms with Gasteiger partial charge in [-0.15, -0.1) is 0 Å². The topological polar surface area (TPSA) is 67.2 Å². The van der Waals surface area contributed by atoms with Gasteiger partial charge in [-0.25, -0.2) is 4.68 Å². The summed E-state index contributed by atoms with van der Waals surface area (Å²) in [5, 5.41) is 15.7. The standard InChI is InChI=1S/C13H14BrN3O2/c1-9(8-18)16-13(19)10-6-15-17(7-10)12-4-2-11(14)3-5-12/h2-7,9,18H,8H2,1H3,(H,16,19). The zero-order valence-electron chi connectivity index (χ0n) is 10.4. The number of rotatable bonds is 4. The molecule has 1 aromatic heterocycles. The van der Waals surface area contributed by atoms with Crippen LogP contribution in [0.2, 0.25) is 0 Å². The van der Waals surface area contributed by atoms with E-state index in [1.807, 2.05) is 24.3 Å². The van der Waals surface area contributed by atoms with Gasteiger partial charge in [-0.3, -0.25) is 4.79 Å². The second-order valence-corrected chi connectivity index (χ2v) is 5.12. The van der Waals surface area contributed by atoms with E-state index in [-0.39, 0.29) is 18.6 Å². The van der Waals surface area contributed by atoms with E-state index in [2.05, 4.69) is 26.3 Å². The molecule has 1 heterocycles. The Morgan fingerprint density at radius 1 is 1.47 bits per heavy atom. The fourth-order valence-corrected chi connectivity index (χ4v) is 1.79. The Hall–Kier alpha value is -1.66. The third kappa shape index (κ3) is 3.42. The van der Waals surface area contributed by atoms with E-state index in [9.17, 15) is 4.79 Å². The predicted octanol–water partition coefficient (Wildman–Crippen LogP) is 1.75. The number of nitrogens with one attached hydrogen (secondary N) is 1. The molecule has 0 saturated carbocycles. The van der Waals surface area contributed by atoms with Crippen molar-refractivity contribution in [1.29, 1.82) is 0 Å². The molecule has 1 unspecified atom stereocenters. The Labute approximate surface area is 119 Å². The third-order valence-corrected chi connectivity index (χ3v) is 3.12. The van der Waals surface area contributed by atoms with Gasteiger partial charge in [0.25, 0.3) is 5.91 Å². The first kappa shape index (κ1) is 13.8. The molecular weight excluding hydrogens is 310 g/mol. The maximum atomic E-state index is 11.8. The van der Waals surface area contributed by atoms with Crippen LogP contribution in [0.1, 0.15) is 17.3 Å². The molecule has 0 bridgehead atoms. The van der Waals surface area contributed by atoms with Crippen LogP contribution < -0.4 is 5.32 Å². The van der Waals surface area contributed by atoms with Crippen LogP contribution in [0.25, 0.3) is 5.69 Å². The lowest BCUT2D eigenvalue weighted by Gasteiger charge is -2.08. The monoisotopic (exact) mass is 323 g/mol. The van der Waals surface area contributed by atoms with Gasteiger partial charge in [-0.2, -0.15) is 5.10 Å². The number of halogens is 1. The summed E-state index contributed by atoms with van der Waals surface area (Å²) in [5.74, 6) is -0.245. The molecule has 0 aliphatic heterocycles. The number of amides is 1. The highest BCUT2D eigenvalue weighted by molar-refractivity contribution is 9.10. The summed E-state index contributed by atoms with van der Waals surface area (Å²) in [6.45, 7) is 1.64. The Kier molecular flexibility index (Phi) is 4.34. The lowest BCUT2D eigenvalue weighted by Crippen LogP contribution is -2.34. The van der Waals surface area contributed by atoms with Gasteiger partial charge < -0.3 is 10.4 Å². The molecule has 2 N–H and O–H groups in total. The van der Waals surface area contributed by atoms with E-state index < -0.39 is 0 Å². The quantitative estimate of drug-likeness (QED) is 0.900. The average Bonchev–Trinajstić information content (AvgIpc) is 2.89. The fraction of sp³-hybridized carbons (Fsp3) is 0.231. The van der Waals surface area contributed by atoms with Crippen molar-refractivity contribution >= 4 is 21.8 Å². The zero-order valence-corrected chi connectivity index (χ0v) is 12.0. The van der Waals surface area contributed by atoms with E-state index in [0.29, 0.717) is 5.56 Å². The number of carbonyl (C=O) groups excluding carboxylic acids is 1. The molecule has 19 heavy (non-hydrogen) atoms. The summed E-state index contributed by atoms with van der Waals surface area (Å²) in [6, 6.07) is 7.34. The van der Waals surface area contributed by atoms with Crippen LogP contribution >= 0.6 is 15.9 Å². The summed E-state index contributed by atoms with van der Waals surface area (Å²) in [5.41, 5.74) is 1.33. The second kappa shape index (κ2) is 5.99. The van der Waals surface area contributed by atoms with E-state index in [1.54, 1.807) is 17.8 Å². The smallest absolute Gasteiger partial charge is 0.254 e. The van der Waals surface area contributed by atoms with Crippen molar-refractivity contribution in [1.82, 2.24) is 15.1 Å². The molecule has 0 fully saturated rings. The maximum Gasteiger partial charge on any atom is 0.254 e. The van der Waals surface area contributed by atoms with E-state index in [4.69, 9.17) is 5.11 Å². The SMILES string of the molecule is CC(CO)NC(=O)c1cnn(-c2ccc(Br)cc2)c1. The number of carbonyl (C=O) groups is 1. The van der Waals surface area contributed by atoms with Crippen molar-refractivity contribution in [2.45, 2.75) is 13.0 Å². The zero-order chi connectivity index (χ0) is 13.8. The minimum atomic E-state index is -0.275. The van der Waals surface area contributed by atoms with E-state index >= 15 is 0 Å². The van der Waals surface area contributed by atoms with Gasteiger partial charge in [0.1, 0.15) is 0 Å². The average molecular weight is 324 g/mol. The summed E-state index contributed by atoms with van der Waals surface area (Å²) in [4.78, 5) is 11.8. The van der Waals surface area contributed by atoms with Crippen LogP contribution in [0.3, 0.4) is 0 Å². The third-order valence-electron chi connectivity index (χ3n) is 2.59. The van der Waals surface area contributed by atoms with Crippen LogP contribution in [-0.4, -0.2) is 33.4 Å². The fourth-order valence-electron chi connectivity index (χ4n) is 1.53. The highest BCUT2D eigenvalue weighted by Crippen LogP contribution is 2.14. The normalized spacial score (nSPS) is 12.2. The molecule has 100 valence electrons. The Morgan fingerprint density at radius 2 is 2.16 bits per heavy atom. The summed E-state index contributed by atoms with van der Waals surface area (Å²) < 4.78 is 2.61. The van der Waals surface area contributed by atoms with Gasteiger partial charge in [0.2, 0.25) is 0 Å². The number of aliphatic hydroxyl groups excluding tert-OH is 1. The Bertz CT molecular complexity index is 566. The summed E-state index contributed by atoms with van der Waals surface area (Å²) in [7, 11) is 0. The highest BCUT2D eigenvalue weighted by Gasteiger charge is 2.11. The molecule has 5 nitrogen and oxygen atoms in total. The molecule has 0 spiro atoms. The number of aromatic nitrogens is 2. The van der Waals surface area contributed by atoms with Gasteiger partial charge in [0.05, 0.1) is 24.1 Å². The summed E-state index contributed by atoms with van der Waals surface area (Å²) >= 11 is 3.36. The van der Waals surface area contributed by atoms with Crippen molar-refractivity contribution < 1.29 is 9.90 Å². The van der Waals surface area contributed by atoms with Crippen LogP contribution in [0.5, 0.6) is 0 Å². The highest BCUT2D eigenvalue weighted by atomic mass is 79.9.